The van der Waals surface area contributed by atoms with Crippen LogP contribution in [0.15, 0.2) is 33.3 Å². The van der Waals surface area contributed by atoms with E-state index >= 15 is 0 Å². The van der Waals surface area contributed by atoms with Crippen molar-refractivity contribution in [3.8, 4) is 0 Å². The molecule has 1 unspecified atom stereocenters. The third-order valence-electron chi connectivity index (χ3n) is 8.05. The molecule has 14 nitrogen and oxygen atoms in total. The van der Waals surface area contributed by atoms with Crippen LogP contribution in [0.1, 0.15) is 117 Å². The van der Waals surface area contributed by atoms with Crippen LogP contribution in [0.4, 0.5) is 0 Å². The van der Waals surface area contributed by atoms with E-state index in [2.05, 4.69) is 89.9 Å². The fourth-order valence-corrected chi connectivity index (χ4v) is 5.66. The number of rotatable bonds is 22. The van der Waals surface area contributed by atoms with E-state index in [0.717, 1.165) is 43.0 Å². The third-order valence-corrected chi connectivity index (χ3v) is 9.70. The van der Waals surface area contributed by atoms with E-state index in [4.69, 9.17) is 15.3 Å². The number of hydrogen-bond acceptors (Lipinski definition) is 10. The molecule has 0 spiro atoms. The van der Waals surface area contributed by atoms with Crippen LogP contribution in [0.3, 0.4) is 0 Å². The summed E-state index contributed by atoms with van der Waals surface area (Å²) in [5, 5.41) is 35.9. The van der Waals surface area contributed by atoms with Crippen LogP contribution in [0.2, 0.25) is 0 Å². The summed E-state index contributed by atoms with van der Waals surface area (Å²) in [7, 11) is -0.989. The zero-order valence-electron chi connectivity index (χ0n) is 34.9. The summed E-state index contributed by atoms with van der Waals surface area (Å²) in [6.45, 7) is 17.7. The first kappa shape index (κ1) is 52.4. The van der Waals surface area contributed by atoms with Crippen molar-refractivity contribution in [2.24, 2.45) is 16.1 Å². The first-order chi connectivity index (χ1) is 25.5. The summed E-state index contributed by atoms with van der Waals surface area (Å²) in [6.07, 6.45) is 17.4. The largest absolute Gasteiger partial charge is 0.481 e. The maximum Gasteiger partial charge on any atom is 0.317 e. The predicted molar refractivity (Wildman–Crippen MR) is 224 cm³/mol. The maximum absolute atomic E-state index is 12.8. The van der Waals surface area contributed by atoms with Crippen LogP contribution in [0.5, 0.6) is 0 Å². The molecule has 0 aliphatic carbocycles. The van der Waals surface area contributed by atoms with Crippen LogP contribution in [0, 0.1) is 5.92 Å². The maximum atomic E-state index is 12.8. The van der Waals surface area contributed by atoms with Gasteiger partial charge in [0.15, 0.2) is 5.84 Å². The fraction of sp³-hybridized carbons (Fsp3) is 0.692. The molecule has 15 heteroatoms. The minimum Gasteiger partial charge on any atom is -0.481 e. The standard InChI is InChI=1S/C24H41N7O3S.C9H20.2C3H6O2/c1-6-8-30(10-11-31(9-7-2)17-23(33)34)16-22(32)25-15-19-12-20(24-28-26-18-27-29-24)14-21(13-19)35(3,4)5;1-4-6-7-8-9(3)5-2;2*1-2-3(4)5/h12-14,18H,6-11,15-17H2,1-5H3,(H,25,32)(H,26,27)(H,28,29)(H,33,34);9H,4-8H2,1-3H3;2*2H2,1H3,(H,4,5). The van der Waals surface area contributed by atoms with Gasteiger partial charge < -0.3 is 20.6 Å². The molecule has 1 atom stereocenters. The summed E-state index contributed by atoms with van der Waals surface area (Å²) in [4.78, 5) is 47.9. The highest BCUT2D eigenvalue weighted by Crippen LogP contribution is 2.45. The van der Waals surface area contributed by atoms with E-state index in [1.807, 2.05) is 17.9 Å². The van der Waals surface area contributed by atoms with Gasteiger partial charge in [0.25, 0.3) is 0 Å². The Bertz CT molecular complexity index is 1260. The van der Waals surface area contributed by atoms with E-state index < -0.39 is 27.9 Å². The SMILES string of the molecule is CCC(=O)O.CCC(=O)O.CCCCCC(C)CC.CCCN(CCN(CCC)CC(=O)NCc1cc(C2=NNC=NN2)cc(S(C)(C)C)c1)CC(=O)O. The lowest BCUT2D eigenvalue weighted by molar-refractivity contribution is -0.139. The Morgan fingerprint density at radius 1 is 0.778 bits per heavy atom. The van der Waals surface area contributed by atoms with Gasteiger partial charge in [0, 0.05) is 38.0 Å². The molecule has 1 amide bonds. The first-order valence-corrected chi connectivity index (χ1v) is 22.1. The number of amidine groups is 1. The number of unbranched alkanes of at least 4 members (excludes halogenated alkanes) is 2. The molecular formula is C39H73N7O7S. The number of carbonyl (C=O) groups is 4. The Labute approximate surface area is 326 Å². The monoisotopic (exact) mass is 784 g/mol. The highest BCUT2D eigenvalue weighted by Gasteiger charge is 2.17. The second-order valence-corrected chi connectivity index (χ2v) is 18.0. The summed E-state index contributed by atoms with van der Waals surface area (Å²) in [5.74, 6) is -0.772. The van der Waals surface area contributed by atoms with Crippen LogP contribution in [-0.4, -0.2) is 119 Å². The van der Waals surface area contributed by atoms with Gasteiger partial charge in [-0.3, -0.25) is 39.8 Å². The van der Waals surface area contributed by atoms with Crippen molar-refractivity contribution >= 4 is 46.0 Å². The molecule has 0 radical (unpaired) electrons. The number of benzene rings is 1. The Kier molecular flexibility index (Phi) is 30.7. The molecule has 1 aliphatic rings. The summed E-state index contributed by atoms with van der Waals surface area (Å²) in [6, 6.07) is 6.29. The van der Waals surface area contributed by atoms with Crippen LogP contribution in [0.25, 0.3) is 0 Å². The molecule has 2 rings (SSSR count). The average molecular weight is 784 g/mol. The number of carboxylic acids is 3. The summed E-state index contributed by atoms with van der Waals surface area (Å²) < 4.78 is 0. The lowest BCUT2D eigenvalue weighted by Crippen LogP contribution is -2.42. The van der Waals surface area contributed by atoms with Crippen LogP contribution in [-0.2, 0) is 25.7 Å². The molecule has 54 heavy (non-hydrogen) atoms. The second-order valence-electron chi connectivity index (χ2n) is 13.9. The number of amides is 1. The third kappa shape index (κ3) is 28.8. The van der Waals surface area contributed by atoms with E-state index in [-0.39, 0.29) is 31.8 Å². The highest BCUT2D eigenvalue weighted by molar-refractivity contribution is 8.32. The molecule has 312 valence electrons. The van der Waals surface area contributed by atoms with Crippen molar-refractivity contribution in [1.82, 2.24) is 26.0 Å². The zero-order chi connectivity index (χ0) is 41.5. The number of aliphatic carboxylic acids is 3. The van der Waals surface area contributed by atoms with Gasteiger partial charge in [-0.15, -0.1) is 0 Å². The van der Waals surface area contributed by atoms with E-state index in [9.17, 15) is 19.2 Å². The van der Waals surface area contributed by atoms with Crippen molar-refractivity contribution in [1.29, 1.82) is 0 Å². The molecule has 1 aliphatic heterocycles. The van der Waals surface area contributed by atoms with Gasteiger partial charge in [0.05, 0.1) is 13.1 Å². The van der Waals surface area contributed by atoms with Gasteiger partial charge >= 0.3 is 17.9 Å². The van der Waals surface area contributed by atoms with Gasteiger partial charge in [0.2, 0.25) is 5.91 Å². The number of nitrogens with one attached hydrogen (secondary N) is 3. The van der Waals surface area contributed by atoms with Crippen LogP contribution < -0.4 is 16.2 Å². The minimum atomic E-state index is -0.989. The lowest BCUT2D eigenvalue weighted by Gasteiger charge is -2.28. The smallest absolute Gasteiger partial charge is 0.317 e. The van der Waals surface area contributed by atoms with Crippen molar-refractivity contribution in [2.75, 3.05) is 58.0 Å². The molecule has 0 aromatic heterocycles. The number of nitrogens with zero attached hydrogens (tertiary/aromatic N) is 4. The van der Waals surface area contributed by atoms with Gasteiger partial charge in [-0.05, 0) is 79.3 Å². The molecule has 1 heterocycles. The van der Waals surface area contributed by atoms with Gasteiger partial charge in [-0.2, -0.15) is 10.2 Å². The Morgan fingerprint density at radius 2 is 1.33 bits per heavy atom. The van der Waals surface area contributed by atoms with Crippen LogP contribution >= 0.6 is 10.0 Å². The van der Waals surface area contributed by atoms with Crippen molar-refractivity contribution in [3.63, 3.8) is 0 Å². The number of carboxylic acid groups (broad SMARTS) is 3. The Balaban J connectivity index is 0. The molecule has 6 N–H and O–H groups in total. The summed E-state index contributed by atoms with van der Waals surface area (Å²) >= 11 is 0. The van der Waals surface area contributed by atoms with Gasteiger partial charge in [-0.1, -0.05) is 80.6 Å². The number of carbonyl (C=O) groups excluding carboxylic acids is 1. The van der Waals surface area contributed by atoms with Crippen molar-refractivity contribution < 1.29 is 34.5 Å². The topological polar surface area (TPSA) is 196 Å². The normalized spacial score (nSPS) is 12.6. The lowest BCUT2D eigenvalue weighted by atomic mass is 10.0. The van der Waals surface area contributed by atoms with E-state index in [0.29, 0.717) is 25.5 Å². The fourth-order valence-electron chi connectivity index (χ4n) is 4.68. The zero-order valence-corrected chi connectivity index (χ0v) is 35.7. The molecule has 0 fully saturated rings. The predicted octanol–water partition coefficient (Wildman–Crippen LogP) is 6.24. The quantitative estimate of drug-likeness (QED) is 0.0729. The molecule has 1 aromatic rings. The Hall–Kier alpha value is -3.69. The highest BCUT2D eigenvalue weighted by atomic mass is 32.3. The van der Waals surface area contributed by atoms with Gasteiger partial charge in [0.1, 0.15) is 6.34 Å². The number of hydrogen-bond donors (Lipinski definition) is 6. The average Bonchev–Trinajstić information content (AvgIpc) is 3.13. The van der Waals surface area contributed by atoms with Crippen molar-refractivity contribution in [2.45, 2.75) is 118 Å². The van der Waals surface area contributed by atoms with E-state index in [1.165, 1.54) is 43.3 Å². The molecular weight excluding hydrogens is 711 g/mol. The van der Waals surface area contributed by atoms with Gasteiger partial charge in [-0.25, -0.2) is 10.0 Å². The molecule has 0 saturated heterocycles. The van der Waals surface area contributed by atoms with Crippen molar-refractivity contribution in [3.05, 3.63) is 29.3 Å². The second kappa shape index (κ2) is 31.6. The minimum absolute atomic E-state index is 0.0232. The Morgan fingerprint density at radius 3 is 1.76 bits per heavy atom. The summed E-state index contributed by atoms with van der Waals surface area (Å²) in [5.41, 5.74) is 7.61. The molecule has 0 bridgehead atoms. The number of hydrazone groups is 2. The molecule has 0 saturated carbocycles. The molecule has 1 aromatic carbocycles. The first-order valence-electron chi connectivity index (χ1n) is 19.3. The van der Waals surface area contributed by atoms with E-state index in [1.54, 1.807) is 13.8 Å².